The number of ether oxygens (including phenoxy) is 1. The van der Waals surface area contributed by atoms with E-state index in [9.17, 15) is 0 Å². The topological polar surface area (TPSA) is 40.6 Å². The summed E-state index contributed by atoms with van der Waals surface area (Å²) in [6.07, 6.45) is 5.48. The number of hydrogen-bond donors (Lipinski definition) is 0. The van der Waals surface area contributed by atoms with Crippen LogP contribution in [0.2, 0.25) is 0 Å². The number of methoxy groups -OCH3 is 1. The minimum Gasteiger partial charge on any atom is -0.495 e. The highest BCUT2D eigenvalue weighted by Crippen LogP contribution is 2.37. The zero-order chi connectivity index (χ0) is 15.0. The molecule has 2 rings (SSSR count). The third-order valence-corrected chi connectivity index (χ3v) is 4.13. The van der Waals surface area contributed by atoms with Crippen LogP contribution in [0.4, 0.5) is 0 Å². The van der Waals surface area contributed by atoms with Gasteiger partial charge in [-0.1, -0.05) is 12.1 Å². The van der Waals surface area contributed by atoms with Crippen molar-refractivity contribution >= 4 is 13.2 Å². The van der Waals surface area contributed by atoms with Crippen molar-refractivity contribution in [3.8, 4) is 5.75 Å². The van der Waals surface area contributed by atoms with Gasteiger partial charge in [-0.15, -0.1) is 0 Å². The van der Waals surface area contributed by atoms with Crippen molar-refractivity contribution in [2.45, 2.75) is 45.8 Å². The molecule has 0 bridgehead atoms. The Morgan fingerprint density at radius 1 is 1.15 bits per heavy atom. The van der Waals surface area contributed by atoms with Crippen molar-refractivity contribution in [2.75, 3.05) is 7.11 Å². The van der Waals surface area contributed by atoms with Gasteiger partial charge in [0.2, 0.25) is 0 Å². The zero-order valence-electron chi connectivity index (χ0n) is 13.1. The van der Waals surface area contributed by atoms with Crippen molar-refractivity contribution < 1.29 is 14.0 Å². The van der Waals surface area contributed by atoms with Crippen LogP contribution in [0.3, 0.4) is 0 Å². The van der Waals surface area contributed by atoms with E-state index < -0.39 is 0 Å². The third kappa shape index (κ3) is 2.74. The summed E-state index contributed by atoms with van der Waals surface area (Å²) < 4.78 is 17.1. The van der Waals surface area contributed by atoms with E-state index in [4.69, 9.17) is 14.0 Å². The van der Waals surface area contributed by atoms with Crippen LogP contribution in [-0.4, -0.2) is 30.4 Å². The summed E-state index contributed by atoms with van der Waals surface area (Å²) in [7, 11) is 1.30. The van der Waals surface area contributed by atoms with Gasteiger partial charge in [-0.25, -0.2) is 0 Å². The van der Waals surface area contributed by atoms with Gasteiger partial charge in [-0.2, -0.15) is 0 Å². The number of nitrogens with zero attached hydrogens (tertiary/aromatic N) is 1. The fourth-order valence-corrected chi connectivity index (χ4v) is 2.04. The van der Waals surface area contributed by atoms with Crippen LogP contribution in [-0.2, 0) is 9.31 Å². The maximum Gasteiger partial charge on any atom is 0.487 e. The first-order valence-electron chi connectivity index (χ1n) is 6.79. The number of rotatable bonds is 3. The summed E-state index contributed by atoms with van der Waals surface area (Å²) >= 11 is 0. The highest BCUT2D eigenvalue weighted by atomic mass is 16.7. The maximum atomic E-state index is 5.92. The van der Waals surface area contributed by atoms with Crippen molar-refractivity contribution in [3.05, 3.63) is 29.5 Å². The van der Waals surface area contributed by atoms with Gasteiger partial charge >= 0.3 is 7.12 Å². The van der Waals surface area contributed by atoms with Crippen molar-refractivity contribution in [1.82, 2.24) is 4.98 Å². The summed E-state index contributed by atoms with van der Waals surface area (Å²) in [5, 5.41) is 0. The molecule has 2 heterocycles. The normalized spacial score (nSPS) is 20.6. The standard InChI is InChI=1S/C15H22BNO3/c1-11-12(9-17-10-13(11)18-6)7-8-16-19-14(2,3)15(4,5)20-16/h7-10H,1-6H3/b8-7+. The molecule has 1 aliphatic heterocycles. The molecule has 1 fully saturated rings. The summed E-state index contributed by atoms with van der Waals surface area (Å²) in [6.45, 7) is 10.2. The SMILES string of the molecule is COc1cncc(/C=C/B2OC(C)(C)C(C)(C)O2)c1C. The van der Waals surface area contributed by atoms with Crippen LogP contribution in [0.15, 0.2) is 18.4 Å². The quantitative estimate of drug-likeness (QED) is 0.795. The van der Waals surface area contributed by atoms with E-state index in [2.05, 4.69) is 4.98 Å². The average Bonchev–Trinajstić information content (AvgIpc) is 2.56. The monoisotopic (exact) mass is 275 g/mol. The second-order valence-electron chi connectivity index (χ2n) is 6.04. The molecule has 0 aliphatic carbocycles. The van der Waals surface area contributed by atoms with Gasteiger partial charge < -0.3 is 14.0 Å². The first-order chi connectivity index (χ1) is 9.27. The molecule has 0 spiro atoms. The molecule has 0 saturated carbocycles. The Balaban J connectivity index is 2.16. The van der Waals surface area contributed by atoms with E-state index in [1.807, 2.05) is 46.7 Å². The summed E-state index contributed by atoms with van der Waals surface area (Å²) in [6, 6.07) is 0. The van der Waals surface area contributed by atoms with Gasteiger partial charge in [0.1, 0.15) is 5.75 Å². The molecule has 1 aliphatic rings. The van der Waals surface area contributed by atoms with Crippen LogP contribution in [0, 0.1) is 6.92 Å². The van der Waals surface area contributed by atoms with E-state index in [-0.39, 0.29) is 18.3 Å². The Hall–Kier alpha value is -1.33. The lowest BCUT2D eigenvalue weighted by atomic mass is 9.89. The smallest absolute Gasteiger partial charge is 0.487 e. The molecule has 0 N–H and O–H groups in total. The van der Waals surface area contributed by atoms with Crippen molar-refractivity contribution in [2.24, 2.45) is 0 Å². The molecule has 1 aromatic rings. The predicted molar refractivity (Wildman–Crippen MR) is 80.6 cm³/mol. The lowest BCUT2D eigenvalue weighted by Gasteiger charge is -2.32. The molecule has 4 nitrogen and oxygen atoms in total. The van der Waals surface area contributed by atoms with Crippen LogP contribution in [0.1, 0.15) is 38.8 Å². The third-order valence-electron chi connectivity index (χ3n) is 4.13. The average molecular weight is 275 g/mol. The number of hydrogen-bond acceptors (Lipinski definition) is 4. The zero-order valence-corrected chi connectivity index (χ0v) is 13.1. The lowest BCUT2D eigenvalue weighted by molar-refractivity contribution is 0.00578. The maximum absolute atomic E-state index is 5.92. The summed E-state index contributed by atoms with van der Waals surface area (Å²) in [4.78, 5) is 4.16. The summed E-state index contributed by atoms with van der Waals surface area (Å²) in [5.74, 6) is 2.70. The second-order valence-corrected chi connectivity index (χ2v) is 6.04. The van der Waals surface area contributed by atoms with E-state index in [1.54, 1.807) is 19.5 Å². The van der Waals surface area contributed by atoms with Crippen molar-refractivity contribution in [3.63, 3.8) is 0 Å². The highest BCUT2D eigenvalue weighted by molar-refractivity contribution is 6.52. The molecule has 5 heteroatoms. The van der Waals surface area contributed by atoms with Gasteiger partial charge in [0.05, 0.1) is 24.5 Å². The van der Waals surface area contributed by atoms with Gasteiger partial charge in [-0.05, 0) is 40.2 Å². The molecule has 20 heavy (non-hydrogen) atoms. The first-order valence-corrected chi connectivity index (χ1v) is 6.79. The Morgan fingerprint density at radius 3 is 2.30 bits per heavy atom. The molecule has 0 amide bonds. The fraction of sp³-hybridized carbons (Fsp3) is 0.533. The number of pyridine rings is 1. The second kappa shape index (κ2) is 5.22. The van der Waals surface area contributed by atoms with Gasteiger partial charge in [-0.3, -0.25) is 4.98 Å². The summed E-state index contributed by atoms with van der Waals surface area (Å²) in [5.41, 5.74) is 1.42. The minimum atomic E-state index is -0.342. The van der Waals surface area contributed by atoms with Crippen LogP contribution in [0.5, 0.6) is 5.75 Å². The van der Waals surface area contributed by atoms with E-state index in [1.165, 1.54) is 0 Å². The van der Waals surface area contributed by atoms with E-state index in [0.717, 1.165) is 16.9 Å². The minimum absolute atomic E-state index is 0.316. The molecule has 0 aromatic carbocycles. The van der Waals surface area contributed by atoms with Gasteiger partial charge in [0.15, 0.2) is 0 Å². The molecule has 0 radical (unpaired) electrons. The fourth-order valence-electron chi connectivity index (χ4n) is 2.04. The van der Waals surface area contributed by atoms with Gasteiger partial charge in [0, 0.05) is 11.8 Å². The molecule has 0 atom stereocenters. The predicted octanol–water partition coefficient (Wildman–Crippen LogP) is 3.04. The Labute approximate surface area is 121 Å². The van der Waals surface area contributed by atoms with E-state index in [0.29, 0.717) is 0 Å². The Bertz CT molecular complexity index is 510. The molecular formula is C15H22BNO3. The number of aromatic nitrogens is 1. The van der Waals surface area contributed by atoms with Crippen LogP contribution >= 0.6 is 0 Å². The highest BCUT2D eigenvalue weighted by Gasteiger charge is 2.49. The Morgan fingerprint density at radius 2 is 1.75 bits per heavy atom. The van der Waals surface area contributed by atoms with E-state index >= 15 is 0 Å². The van der Waals surface area contributed by atoms with Crippen LogP contribution in [0.25, 0.3) is 6.08 Å². The first kappa shape index (κ1) is 15.1. The molecule has 108 valence electrons. The van der Waals surface area contributed by atoms with Crippen molar-refractivity contribution in [1.29, 1.82) is 0 Å². The Kier molecular flexibility index (Phi) is 3.94. The van der Waals surface area contributed by atoms with Crippen LogP contribution < -0.4 is 4.74 Å². The lowest BCUT2D eigenvalue weighted by Crippen LogP contribution is -2.41. The molecule has 1 aromatic heterocycles. The largest absolute Gasteiger partial charge is 0.495 e. The van der Waals surface area contributed by atoms with Gasteiger partial charge in [0.25, 0.3) is 0 Å². The molecular weight excluding hydrogens is 253 g/mol. The molecule has 1 saturated heterocycles. The molecule has 0 unspecified atom stereocenters.